The molecule has 0 saturated carbocycles. The average molecular weight is 569 g/mol. The number of phenolic OH excluding ortho intramolecular Hbond substituents is 1. The molecular formula is C30H35Cl2N5O2. The van der Waals surface area contributed by atoms with Crippen LogP contribution in [0.15, 0.2) is 67.3 Å². The van der Waals surface area contributed by atoms with Crippen molar-refractivity contribution < 1.29 is 9.90 Å². The predicted octanol–water partition coefficient (Wildman–Crippen LogP) is 6.36. The molecule has 206 valence electrons. The van der Waals surface area contributed by atoms with E-state index in [1.165, 1.54) is 0 Å². The lowest BCUT2D eigenvalue weighted by Gasteiger charge is -2.31. The zero-order valence-corrected chi connectivity index (χ0v) is 24.1. The number of phenols is 1. The van der Waals surface area contributed by atoms with E-state index in [2.05, 4.69) is 28.9 Å². The van der Waals surface area contributed by atoms with E-state index >= 15 is 0 Å². The van der Waals surface area contributed by atoms with E-state index in [0.29, 0.717) is 19.0 Å². The highest BCUT2D eigenvalue weighted by Crippen LogP contribution is 2.38. The summed E-state index contributed by atoms with van der Waals surface area (Å²) in [5.41, 5.74) is 6.58. The lowest BCUT2D eigenvalue weighted by Crippen LogP contribution is -2.36. The van der Waals surface area contributed by atoms with Gasteiger partial charge in [0.15, 0.2) is 0 Å². The summed E-state index contributed by atoms with van der Waals surface area (Å²) in [6, 6.07) is 13.5. The molecule has 0 fully saturated rings. The molecule has 9 heteroatoms. The molecular weight excluding hydrogens is 533 g/mol. The fourth-order valence-electron chi connectivity index (χ4n) is 5.06. The van der Waals surface area contributed by atoms with Gasteiger partial charge in [-0.05, 0) is 73.1 Å². The van der Waals surface area contributed by atoms with Crippen molar-refractivity contribution in [3.8, 4) is 5.75 Å². The molecule has 1 aliphatic rings. The first-order valence-electron chi connectivity index (χ1n) is 12.9. The van der Waals surface area contributed by atoms with Crippen molar-refractivity contribution in [1.29, 1.82) is 0 Å². The highest BCUT2D eigenvalue weighted by Gasteiger charge is 2.32. The summed E-state index contributed by atoms with van der Waals surface area (Å²) in [7, 11) is 0. The molecule has 1 atom stereocenters. The molecule has 0 radical (unpaired) electrons. The molecule has 4 aromatic rings. The number of nitrogens with zero attached hydrogens (tertiary/aromatic N) is 5. The Balaban J connectivity index is 0.00000210. The fourth-order valence-corrected chi connectivity index (χ4v) is 5.06. The molecule has 0 saturated heterocycles. The summed E-state index contributed by atoms with van der Waals surface area (Å²) >= 11 is 0. The second-order valence-corrected chi connectivity index (χ2v) is 10.1. The molecule has 0 bridgehead atoms. The molecule has 1 N–H and O–H groups in total. The number of halogens is 2. The molecule has 1 aromatic carbocycles. The monoisotopic (exact) mass is 567 g/mol. The van der Waals surface area contributed by atoms with Gasteiger partial charge in [0, 0.05) is 23.7 Å². The number of aryl methyl sites for hydroxylation is 1. The van der Waals surface area contributed by atoms with E-state index in [1.807, 2.05) is 65.3 Å². The lowest BCUT2D eigenvalue weighted by atomic mass is 9.81. The number of aromatic nitrogens is 4. The SMILES string of the molecule is Cc1cccnc1Cn1cc(CN(C(=O)C2CCCc3c(O)cccc32)c2ccc(C(C)C)nc2)cn1.Cl.Cl. The minimum Gasteiger partial charge on any atom is -0.508 e. The second kappa shape index (κ2) is 13.1. The number of benzene rings is 1. The number of carbonyl (C=O) groups is 1. The fraction of sp³-hybridized carbons (Fsp3) is 0.333. The van der Waals surface area contributed by atoms with Gasteiger partial charge in [-0.15, -0.1) is 24.8 Å². The van der Waals surface area contributed by atoms with E-state index in [0.717, 1.165) is 58.6 Å². The smallest absolute Gasteiger partial charge is 0.234 e. The Morgan fingerprint density at radius 3 is 2.64 bits per heavy atom. The summed E-state index contributed by atoms with van der Waals surface area (Å²) in [5, 5.41) is 15.0. The maximum atomic E-state index is 14.1. The van der Waals surface area contributed by atoms with Crippen molar-refractivity contribution in [1.82, 2.24) is 19.7 Å². The maximum absolute atomic E-state index is 14.1. The topological polar surface area (TPSA) is 84.1 Å². The summed E-state index contributed by atoms with van der Waals surface area (Å²) in [6.45, 7) is 7.21. The van der Waals surface area contributed by atoms with Gasteiger partial charge in [0.1, 0.15) is 5.75 Å². The molecule has 5 rings (SSSR count). The number of carbonyl (C=O) groups excluding carboxylic acids is 1. The van der Waals surface area contributed by atoms with Crippen LogP contribution >= 0.6 is 24.8 Å². The van der Waals surface area contributed by atoms with Crippen LogP contribution in [0.5, 0.6) is 5.75 Å². The Kier molecular flexibility index (Phi) is 10.1. The molecule has 3 aromatic heterocycles. The minimum atomic E-state index is -0.313. The van der Waals surface area contributed by atoms with Crippen molar-refractivity contribution in [3.05, 3.63) is 101 Å². The molecule has 39 heavy (non-hydrogen) atoms. The number of hydrogen-bond acceptors (Lipinski definition) is 5. The Morgan fingerprint density at radius 2 is 1.92 bits per heavy atom. The van der Waals surface area contributed by atoms with Crippen LogP contribution in [0.1, 0.15) is 72.2 Å². The van der Waals surface area contributed by atoms with Crippen molar-refractivity contribution in [2.45, 2.75) is 65.0 Å². The first-order chi connectivity index (χ1) is 17.9. The van der Waals surface area contributed by atoms with Gasteiger partial charge in [0.2, 0.25) is 5.91 Å². The summed E-state index contributed by atoms with van der Waals surface area (Å²) in [6.07, 6.45) is 9.78. The van der Waals surface area contributed by atoms with Gasteiger partial charge < -0.3 is 10.0 Å². The van der Waals surface area contributed by atoms with Gasteiger partial charge in [0.05, 0.1) is 42.8 Å². The van der Waals surface area contributed by atoms with Crippen LogP contribution in [0.2, 0.25) is 0 Å². The third-order valence-electron chi connectivity index (χ3n) is 7.18. The number of fused-ring (bicyclic) bond motifs is 1. The van der Waals surface area contributed by atoms with Gasteiger partial charge in [-0.3, -0.25) is 19.4 Å². The third-order valence-corrected chi connectivity index (χ3v) is 7.18. The van der Waals surface area contributed by atoms with E-state index in [1.54, 1.807) is 18.5 Å². The Morgan fingerprint density at radius 1 is 1.10 bits per heavy atom. The Hall–Kier alpha value is -3.42. The highest BCUT2D eigenvalue weighted by atomic mass is 35.5. The highest BCUT2D eigenvalue weighted by molar-refractivity contribution is 5.98. The van der Waals surface area contributed by atoms with Crippen LogP contribution in [-0.2, 0) is 24.3 Å². The zero-order chi connectivity index (χ0) is 25.9. The van der Waals surface area contributed by atoms with Crippen molar-refractivity contribution in [2.24, 2.45) is 0 Å². The van der Waals surface area contributed by atoms with Crippen molar-refractivity contribution >= 4 is 36.4 Å². The van der Waals surface area contributed by atoms with Crippen LogP contribution in [0.3, 0.4) is 0 Å². The quantitative estimate of drug-likeness (QED) is 0.281. The minimum absolute atomic E-state index is 0. The van der Waals surface area contributed by atoms with Gasteiger partial charge >= 0.3 is 0 Å². The van der Waals surface area contributed by atoms with E-state index in [9.17, 15) is 9.90 Å². The van der Waals surface area contributed by atoms with E-state index < -0.39 is 0 Å². The first-order valence-corrected chi connectivity index (χ1v) is 12.9. The number of amides is 1. The number of aromatic hydroxyl groups is 1. The number of hydrogen-bond donors (Lipinski definition) is 1. The largest absolute Gasteiger partial charge is 0.508 e. The number of anilines is 1. The first kappa shape index (κ1) is 30.1. The molecule has 3 heterocycles. The Bertz CT molecular complexity index is 1400. The number of pyridine rings is 2. The normalized spacial score (nSPS) is 14.2. The Labute approximate surface area is 242 Å². The standard InChI is InChI=1S/C30H33N5O2.2ClH/c1-20(2)27-13-12-23(16-32-27)35(30(37)26-10-4-9-25-24(26)8-5-11-29(25)36)18-22-15-33-34(17-22)19-28-21(3)7-6-14-31-28;;/h5-8,11-17,20,26,36H,4,9-10,18-19H2,1-3H3;2*1H. The predicted molar refractivity (Wildman–Crippen MR) is 158 cm³/mol. The zero-order valence-electron chi connectivity index (χ0n) is 22.4. The van der Waals surface area contributed by atoms with Crippen LogP contribution in [0.25, 0.3) is 0 Å². The second-order valence-electron chi connectivity index (χ2n) is 10.1. The van der Waals surface area contributed by atoms with Gasteiger partial charge in [-0.25, -0.2) is 0 Å². The number of rotatable bonds is 7. The molecule has 0 spiro atoms. The van der Waals surface area contributed by atoms with Crippen LogP contribution in [0, 0.1) is 6.92 Å². The van der Waals surface area contributed by atoms with Gasteiger partial charge in [-0.1, -0.05) is 32.0 Å². The van der Waals surface area contributed by atoms with Crippen LogP contribution in [0.4, 0.5) is 5.69 Å². The molecule has 1 unspecified atom stereocenters. The summed E-state index contributed by atoms with van der Waals surface area (Å²) in [5.74, 6) is 0.279. The maximum Gasteiger partial charge on any atom is 0.234 e. The van der Waals surface area contributed by atoms with Crippen LogP contribution < -0.4 is 4.90 Å². The van der Waals surface area contributed by atoms with E-state index in [4.69, 9.17) is 0 Å². The average Bonchev–Trinajstić information content (AvgIpc) is 3.35. The van der Waals surface area contributed by atoms with Crippen LogP contribution in [-0.4, -0.2) is 30.8 Å². The summed E-state index contributed by atoms with van der Waals surface area (Å²) < 4.78 is 1.86. The molecule has 7 nitrogen and oxygen atoms in total. The molecule has 1 amide bonds. The molecule has 0 aliphatic heterocycles. The van der Waals surface area contributed by atoms with Crippen molar-refractivity contribution in [3.63, 3.8) is 0 Å². The lowest BCUT2D eigenvalue weighted by molar-refractivity contribution is -0.120. The van der Waals surface area contributed by atoms with Gasteiger partial charge in [-0.2, -0.15) is 5.10 Å². The van der Waals surface area contributed by atoms with Crippen molar-refractivity contribution in [2.75, 3.05) is 4.90 Å². The van der Waals surface area contributed by atoms with Gasteiger partial charge in [0.25, 0.3) is 0 Å². The van der Waals surface area contributed by atoms with E-state index in [-0.39, 0.29) is 42.4 Å². The third kappa shape index (κ3) is 6.60. The summed E-state index contributed by atoms with van der Waals surface area (Å²) in [4.78, 5) is 25.0. The molecule has 1 aliphatic carbocycles.